The van der Waals surface area contributed by atoms with Gasteiger partial charge in [0, 0.05) is 61.2 Å². The molecule has 5 aromatic heterocycles. The molecule has 0 saturated heterocycles. The molecular formula is C54H28N6O. The quantitative estimate of drug-likeness (QED) is 0.132. The van der Waals surface area contributed by atoms with Crippen LogP contribution >= 0.6 is 0 Å². The molecule has 0 spiro atoms. The van der Waals surface area contributed by atoms with Crippen LogP contribution < -0.4 is 0 Å². The van der Waals surface area contributed by atoms with Crippen molar-refractivity contribution in [2.75, 3.05) is 0 Å². The first-order valence-electron chi connectivity index (χ1n) is 20.1. The van der Waals surface area contributed by atoms with Gasteiger partial charge in [-0.05, 0) is 47.5 Å². The van der Waals surface area contributed by atoms with E-state index in [0.717, 1.165) is 104 Å². The van der Waals surface area contributed by atoms with E-state index >= 15 is 0 Å². The summed E-state index contributed by atoms with van der Waals surface area (Å²) in [5.41, 5.74) is 12.0. The van der Waals surface area contributed by atoms with Crippen molar-refractivity contribution in [2.24, 2.45) is 0 Å². The lowest BCUT2D eigenvalue weighted by Crippen LogP contribution is -2.09. The minimum absolute atomic E-state index is 0.373. The van der Waals surface area contributed by atoms with Crippen molar-refractivity contribution in [3.05, 3.63) is 187 Å². The Morgan fingerprint density at radius 3 is 1.70 bits per heavy atom. The molecule has 0 amide bonds. The monoisotopic (exact) mass is 776 g/mol. The van der Waals surface area contributed by atoms with Gasteiger partial charge in [-0.25, -0.2) is 4.85 Å². The Kier molecular flexibility index (Phi) is 6.73. The van der Waals surface area contributed by atoms with Crippen molar-refractivity contribution in [3.8, 4) is 39.7 Å². The average molecular weight is 777 g/mol. The Bertz CT molecular complexity index is 3980. The number of furan rings is 1. The fraction of sp³-hybridized carbons (Fsp3) is 0. The predicted octanol–water partition coefficient (Wildman–Crippen LogP) is 14.1. The standard InChI is InChI=1S/C54H28N6O/c1-56-51-44(31-14-4-2-5-15-31)38(30-55)53(60-39-22-12-10-18-33(39)36-24-25-43-46(52(36)60)37-21-11-13-23-42(37)61-43)45(32-16-6-3-7-17-32)54(51)59-40-26-28-57-49-34-19-8-9-20-35(34)50-48(47(40)49)41(59)27-29-58-50/h2-29H. The first-order valence-corrected chi connectivity index (χ1v) is 20.1. The minimum atomic E-state index is 0.373. The predicted molar refractivity (Wildman–Crippen MR) is 246 cm³/mol. The van der Waals surface area contributed by atoms with Gasteiger partial charge >= 0.3 is 0 Å². The van der Waals surface area contributed by atoms with Crippen molar-refractivity contribution < 1.29 is 4.42 Å². The minimum Gasteiger partial charge on any atom is -0.456 e. The summed E-state index contributed by atoms with van der Waals surface area (Å²) in [5.74, 6) is 0. The van der Waals surface area contributed by atoms with Crippen molar-refractivity contribution in [3.63, 3.8) is 0 Å². The molecule has 13 rings (SSSR count). The third kappa shape index (κ3) is 4.33. The summed E-state index contributed by atoms with van der Waals surface area (Å²) >= 11 is 0. The fourth-order valence-electron chi connectivity index (χ4n) is 10.1. The highest BCUT2D eigenvalue weighted by atomic mass is 16.3. The van der Waals surface area contributed by atoms with Crippen LogP contribution in [0.2, 0.25) is 0 Å². The van der Waals surface area contributed by atoms with Gasteiger partial charge in [-0.3, -0.25) is 9.97 Å². The van der Waals surface area contributed by atoms with Crippen LogP contribution in [0, 0.1) is 17.9 Å². The van der Waals surface area contributed by atoms with Crippen LogP contribution in [0.4, 0.5) is 5.69 Å². The van der Waals surface area contributed by atoms with Gasteiger partial charge in [0.15, 0.2) is 0 Å². The van der Waals surface area contributed by atoms with Crippen LogP contribution in [0.3, 0.4) is 0 Å². The van der Waals surface area contributed by atoms with Crippen molar-refractivity contribution in [2.45, 2.75) is 0 Å². The molecule has 5 heterocycles. The van der Waals surface area contributed by atoms with Crippen LogP contribution in [0.1, 0.15) is 5.56 Å². The summed E-state index contributed by atoms with van der Waals surface area (Å²) in [6, 6.07) is 55.9. The lowest BCUT2D eigenvalue weighted by atomic mass is 9.88. The topological polar surface area (TPSA) is 76.9 Å². The van der Waals surface area contributed by atoms with Crippen LogP contribution in [-0.4, -0.2) is 19.1 Å². The molecule has 0 unspecified atom stereocenters. The maximum Gasteiger partial charge on any atom is 0.220 e. The van der Waals surface area contributed by atoms with Gasteiger partial charge in [-0.2, -0.15) is 5.26 Å². The number of nitriles is 1. The smallest absolute Gasteiger partial charge is 0.220 e. The zero-order valence-corrected chi connectivity index (χ0v) is 32.3. The summed E-state index contributed by atoms with van der Waals surface area (Å²) in [5, 5.41) is 19.8. The number of fused-ring (bicyclic) bond motifs is 10. The number of hydrogen-bond acceptors (Lipinski definition) is 4. The molecule has 0 bridgehead atoms. The number of rotatable bonds is 4. The van der Waals surface area contributed by atoms with E-state index in [4.69, 9.17) is 21.0 Å². The molecule has 7 heteroatoms. The van der Waals surface area contributed by atoms with Gasteiger partial charge in [-0.15, -0.1) is 0 Å². The molecular weight excluding hydrogens is 749 g/mol. The van der Waals surface area contributed by atoms with E-state index in [1.165, 1.54) is 0 Å². The van der Waals surface area contributed by atoms with Crippen molar-refractivity contribution in [1.29, 1.82) is 5.26 Å². The summed E-state index contributed by atoms with van der Waals surface area (Å²) in [6.45, 7) is 9.17. The summed E-state index contributed by atoms with van der Waals surface area (Å²) < 4.78 is 11.0. The van der Waals surface area contributed by atoms with E-state index in [1.54, 1.807) is 0 Å². The number of aromatic nitrogens is 4. The third-order valence-corrected chi connectivity index (χ3v) is 12.4. The van der Waals surface area contributed by atoms with Gasteiger partial charge in [-0.1, -0.05) is 121 Å². The second-order valence-corrected chi connectivity index (χ2v) is 15.4. The van der Waals surface area contributed by atoms with Crippen LogP contribution in [-0.2, 0) is 0 Å². The first kappa shape index (κ1) is 33.2. The molecule has 61 heavy (non-hydrogen) atoms. The van der Waals surface area contributed by atoms with E-state index in [1.807, 2.05) is 109 Å². The van der Waals surface area contributed by atoms with Crippen molar-refractivity contribution >= 4 is 93.0 Å². The van der Waals surface area contributed by atoms with Crippen LogP contribution in [0.25, 0.3) is 126 Å². The van der Waals surface area contributed by atoms with Crippen molar-refractivity contribution in [1.82, 2.24) is 19.1 Å². The second kappa shape index (κ2) is 12.4. The normalized spacial score (nSPS) is 11.9. The molecule has 13 aromatic rings. The van der Waals surface area contributed by atoms with Gasteiger partial charge in [0.25, 0.3) is 0 Å². The first-order chi connectivity index (χ1) is 30.2. The second-order valence-electron chi connectivity index (χ2n) is 15.4. The maximum atomic E-state index is 11.8. The highest BCUT2D eigenvalue weighted by Crippen LogP contribution is 2.53. The number of pyridine rings is 2. The summed E-state index contributed by atoms with van der Waals surface area (Å²) in [7, 11) is 0. The SMILES string of the molecule is [C-]#[N+]c1c(-c2ccccc2)c(C#N)c(-n2c3ccccc3c3ccc4oc5ccccc5c4c32)c(-c2ccccc2)c1-n1c2ccnc3c4ccccc4c4nccc1c4c32. The number of para-hydroxylation sites is 2. The van der Waals surface area contributed by atoms with Crippen LogP contribution in [0.15, 0.2) is 175 Å². The lowest BCUT2D eigenvalue weighted by Gasteiger charge is -2.25. The molecule has 0 atom stereocenters. The van der Waals surface area contributed by atoms with E-state index in [2.05, 4.69) is 80.7 Å². The lowest BCUT2D eigenvalue weighted by molar-refractivity contribution is 0.669. The molecule has 0 radical (unpaired) electrons. The Balaban J connectivity index is 1.35. The van der Waals surface area contributed by atoms with Gasteiger partial charge in [0.2, 0.25) is 5.69 Å². The Labute approximate surface area is 347 Å². The fourth-order valence-corrected chi connectivity index (χ4v) is 10.1. The van der Waals surface area contributed by atoms with Gasteiger partial charge in [0.1, 0.15) is 17.2 Å². The van der Waals surface area contributed by atoms with E-state index in [9.17, 15) is 5.26 Å². The Morgan fingerprint density at radius 1 is 0.492 bits per heavy atom. The molecule has 0 fully saturated rings. The van der Waals surface area contributed by atoms with E-state index in [0.29, 0.717) is 28.2 Å². The highest BCUT2D eigenvalue weighted by molar-refractivity contribution is 6.33. The zero-order valence-electron chi connectivity index (χ0n) is 32.3. The Hall–Kier alpha value is -8.78. The van der Waals surface area contributed by atoms with Gasteiger partial charge in [0.05, 0.1) is 62.0 Å². The molecule has 7 nitrogen and oxygen atoms in total. The van der Waals surface area contributed by atoms with Crippen LogP contribution in [0.5, 0.6) is 0 Å². The van der Waals surface area contributed by atoms with Gasteiger partial charge < -0.3 is 13.6 Å². The van der Waals surface area contributed by atoms with E-state index in [-0.39, 0.29) is 0 Å². The molecule has 0 aliphatic rings. The molecule has 280 valence electrons. The zero-order chi connectivity index (χ0) is 40.3. The maximum absolute atomic E-state index is 11.8. The number of benzene rings is 8. The molecule has 0 saturated carbocycles. The molecule has 0 aliphatic carbocycles. The molecule has 0 N–H and O–H groups in total. The molecule has 8 aromatic carbocycles. The number of nitrogens with zero attached hydrogens (tertiary/aromatic N) is 6. The Morgan fingerprint density at radius 2 is 1.07 bits per heavy atom. The third-order valence-electron chi connectivity index (χ3n) is 12.4. The average Bonchev–Trinajstić information content (AvgIpc) is 3.99. The van der Waals surface area contributed by atoms with E-state index < -0.39 is 0 Å². The summed E-state index contributed by atoms with van der Waals surface area (Å²) in [4.78, 5) is 14.5. The number of hydrogen-bond donors (Lipinski definition) is 0. The molecule has 0 aliphatic heterocycles. The largest absolute Gasteiger partial charge is 0.456 e. The highest BCUT2D eigenvalue weighted by Gasteiger charge is 2.33. The summed E-state index contributed by atoms with van der Waals surface area (Å²) in [6.07, 6.45) is 3.72.